The van der Waals surface area contributed by atoms with Gasteiger partial charge in [-0.25, -0.2) is 4.98 Å². The van der Waals surface area contributed by atoms with E-state index in [1.807, 2.05) is 12.1 Å². The number of benzene rings is 1. The van der Waals surface area contributed by atoms with Gasteiger partial charge in [0.2, 0.25) is 5.28 Å². The number of hydrogen-bond donors (Lipinski definition) is 1. The van der Waals surface area contributed by atoms with Gasteiger partial charge in [0, 0.05) is 7.05 Å². The van der Waals surface area contributed by atoms with Crippen molar-refractivity contribution < 1.29 is 13.5 Å². The van der Waals surface area contributed by atoms with Crippen molar-refractivity contribution in [2.24, 2.45) is 7.05 Å². The minimum Gasteiger partial charge on any atom is -0.394 e. The molecule has 0 bridgehead atoms. The predicted octanol–water partition coefficient (Wildman–Crippen LogP) is 1.19. The Bertz CT molecular complexity index is 788. The van der Waals surface area contributed by atoms with Crippen molar-refractivity contribution in [2.75, 3.05) is 10.9 Å². The number of imidazole rings is 1. The normalized spacial score (nSPS) is 18.0. The fourth-order valence-corrected chi connectivity index (χ4v) is 4.59. The van der Waals surface area contributed by atoms with Crippen LogP contribution in [0.4, 0.5) is 5.69 Å². The Morgan fingerprint density at radius 1 is 1.43 bits per heavy atom. The smallest absolute Gasteiger partial charge is 0.281 e. The molecule has 0 saturated carbocycles. The van der Waals surface area contributed by atoms with Gasteiger partial charge in [-0.15, -0.1) is 0 Å². The van der Waals surface area contributed by atoms with Crippen LogP contribution in [0.3, 0.4) is 0 Å². The van der Waals surface area contributed by atoms with Crippen LogP contribution < -0.4 is 4.31 Å². The zero-order chi connectivity index (χ0) is 15.2. The lowest BCUT2D eigenvalue weighted by molar-refractivity contribution is 0.270. The summed E-state index contributed by atoms with van der Waals surface area (Å²) in [4.78, 5) is 3.82. The van der Waals surface area contributed by atoms with E-state index in [1.54, 1.807) is 12.1 Å². The Balaban J connectivity index is 2.16. The molecule has 1 unspecified atom stereocenters. The van der Waals surface area contributed by atoms with Crippen molar-refractivity contribution in [3.63, 3.8) is 0 Å². The maximum absolute atomic E-state index is 12.9. The Kier molecular flexibility index (Phi) is 3.43. The highest BCUT2D eigenvalue weighted by molar-refractivity contribution is 7.92. The third-order valence-corrected chi connectivity index (χ3v) is 5.91. The molecule has 0 aliphatic carbocycles. The summed E-state index contributed by atoms with van der Waals surface area (Å²) in [5.41, 5.74) is 1.49. The van der Waals surface area contributed by atoms with E-state index in [0.717, 1.165) is 5.56 Å². The van der Waals surface area contributed by atoms with Gasteiger partial charge in [0.1, 0.15) is 0 Å². The zero-order valence-electron chi connectivity index (χ0n) is 11.3. The number of anilines is 1. The van der Waals surface area contributed by atoms with E-state index in [2.05, 4.69) is 4.98 Å². The van der Waals surface area contributed by atoms with Gasteiger partial charge < -0.3 is 9.67 Å². The number of rotatable bonds is 3. The van der Waals surface area contributed by atoms with Crippen molar-refractivity contribution in [3.8, 4) is 0 Å². The standard InChI is InChI=1S/C13H14ClN3O3S/c1-16-12(7-15-13(16)14)21(19,20)17-10(8-18)6-9-4-2-3-5-11(9)17/h2-5,7,10,18H,6,8H2,1H3. The third kappa shape index (κ3) is 2.12. The molecule has 0 spiro atoms. The maximum Gasteiger partial charge on any atom is 0.281 e. The number of aliphatic hydroxyl groups is 1. The van der Waals surface area contributed by atoms with Gasteiger partial charge in [0.15, 0.2) is 5.03 Å². The van der Waals surface area contributed by atoms with Crippen molar-refractivity contribution in [2.45, 2.75) is 17.5 Å². The second-order valence-electron chi connectivity index (χ2n) is 4.89. The van der Waals surface area contributed by atoms with Crippen LogP contribution in [0.5, 0.6) is 0 Å². The van der Waals surface area contributed by atoms with Gasteiger partial charge >= 0.3 is 0 Å². The molecule has 2 heterocycles. The third-order valence-electron chi connectivity index (χ3n) is 3.64. The summed E-state index contributed by atoms with van der Waals surface area (Å²) < 4.78 is 28.4. The SMILES string of the molecule is Cn1c(S(=O)(=O)N2c3ccccc3CC2CO)cnc1Cl. The Morgan fingerprint density at radius 3 is 2.76 bits per heavy atom. The second-order valence-corrected chi connectivity index (χ2v) is 6.99. The van der Waals surface area contributed by atoms with Crippen molar-refractivity contribution in [3.05, 3.63) is 41.3 Å². The monoisotopic (exact) mass is 327 g/mol. The average Bonchev–Trinajstić information content (AvgIpc) is 3.00. The second kappa shape index (κ2) is 5.01. The number of fused-ring (bicyclic) bond motifs is 1. The van der Waals surface area contributed by atoms with E-state index in [4.69, 9.17) is 11.6 Å². The van der Waals surface area contributed by atoms with Crippen LogP contribution in [-0.4, -0.2) is 35.7 Å². The molecule has 1 atom stereocenters. The molecule has 6 nitrogen and oxygen atoms in total. The number of aromatic nitrogens is 2. The number of sulfonamides is 1. The molecule has 1 aromatic carbocycles. The quantitative estimate of drug-likeness (QED) is 0.918. The first kappa shape index (κ1) is 14.4. The first-order valence-corrected chi connectivity index (χ1v) is 8.19. The number of nitrogens with zero attached hydrogens (tertiary/aromatic N) is 3. The molecule has 1 aromatic heterocycles. The van der Waals surface area contributed by atoms with Crippen LogP contribution in [0.15, 0.2) is 35.5 Å². The summed E-state index contributed by atoms with van der Waals surface area (Å²) in [7, 11) is -2.29. The van der Waals surface area contributed by atoms with Crippen LogP contribution in [0.1, 0.15) is 5.56 Å². The number of para-hydroxylation sites is 1. The minimum absolute atomic E-state index is 0.00246. The summed E-state index contributed by atoms with van der Waals surface area (Å²) in [6.07, 6.45) is 1.71. The van der Waals surface area contributed by atoms with Crippen LogP contribution in [0, 0.1) is 0 Å². The van der Waals surface area contributed by atoms with E-state index in [1.165, 1.54) is 22.1 Å². The molecule has 2 aromatic rings. The van der Waals surface area contributed by atoms with Crippen LogP contribution in [-0.2, 0) is 23.5 Å². The summed E-state index contributed by atoms with van der Waals surface area (Å²) >= 11 is 5.83. The number of aliphatic hydroxyl groups excluding tert-OH is 1. The fourth-order valence-electron chi connectivity index (χ4n) is 2.61. The topological polar surface area (TPSA) is 75.4 Å². The molecule has 0 radical (unpaired) electrons. The molecule has 3 rings (SSSR count). The lowest BCUT2D eigenvalue weighted by Crippen LogP contribution is -2.40. The van der Waals surface area contributed by atoms with E-state index in [-0.39, 0.29) is 16.9 Å². The molecule has 112 valence electrons. The van der Waals surface area contributed by atoms with Crippen molar-refractivity contribution in [1.29, 1.82) is 0 Å². The Hall–Kier alpha value is -1.57. The highest BCUT2D eigenvalue weighted by Gasteiger charge is 2.39. The van der Waals surface area contributed by atoms with Gasteiger partial charge in [-0.2, -0.15) is 8.42 Å². The van der Waals surface area contributed by atoms with E-state index in [0.29, 0.717) is 12.1 Å². The largest absolute Gasteiger partial charge is 0.394 e. The molecule has 0 fully saturated rings. The number of hydrogen-bond acceptors (Lipinski definition) is 4. The van der Waals surface area contributed by atoms with Gasteiger partial charge in [-0.3, -0.25) is 4.31 Å². The van der Waals surface area contributed by atoms with Crippen molar-refractivity contribution >= 4 is 27.3 Å². The first-order chi connectivity index (χ1) is 9.96. The molecule has 1 aliphatic rings. The highest BCUT2D eigenvalue weighted by Crippen LogP contribution is 2.36. The zero-order valence-corrected chi connectivity index (χ0v) is 12.8. The van der Waals surface area contributed by atoms with Gasteiger partial charge in [0.25, 0.3) is 10.0 Å². The van der Waals surface area contributed by atoms with Crippen LogP contribution >= 0.6 is 11.6 Å². The lowest BCUT2D eigenvalue weighted by Gasteiger charge is -2.25. The predicted molar refractivity (Wildman–Crippen MR) is 78.9 cm³/mol. The van der Waals surface area contributed by atoms with E-state index < -0.39 is 16.1 Å². The summed E-state index contributed by atoms with van der Waals surface area (Å²) in [5.74, 6) is 0. The molecular formula is C13H14ClN3O3S. The van der Waals surface area contributed by atoms with Crippen LogP contribution in [0.2, 0.25) is 5.28 Å². The van der Waals surface area contributed by atoms with Crippen molar-refractivity contribution in [1.82, 2.24) is 9.55 Å². The first-order valence-electron chi connectivity index (χ1n) is 6.37. The molecule has 1 aliphatic heterocycles. The molecule has 8 heteroatoms. The van der Waals surface area contributed by atoms with E-state index >= 15 is 0 Å². The molecule has 0 saturated heterocycles. The summed E-state index contributed by atoms with van der Waals surface area (Å²) in [5, 5.41) is 9.64. The van der Waals surface area contributed by atoms with Gasteiger partial charge in [-0.05, 0) is 29.7 Å². The maximum atomic E-state index is 12.9. The number of halogens is 1. The Labute approximate surface area is 127 Å². The molecule has 21 heavy (non-hydrogen) atoms. The molecule has 1 N–H and O–H groups in total. The Morgan fingerprint density at radius 2 is 2.14 bits per heavy atom. The van der Waals surface area contributed by atoms with Gasteiger partial charge in [0.05, 0.1) is 24.5 Å². The summed E-state index contributed by atoms with van der Waals surface area (Å²) in [6.45, 7) is -0.251. The fraction of sp³-hybridized carbons (Fsp3) is 0.308. The molecule has 0 amide bonds. The highest BCUT2D eigenvalue weighted by atomic mass is 35.5. The van der Waals surface area contributed by atoms with E-state index in [9.17, 15) is 13.5 Å². The van der Waals surface area contributed by atoms with Gasteiger partial charge in [-0.1, -0.05) is 18.2 Å². The summed E-state index contributed by atoms with van der Waals surface area (Å²) in [6, 6.07) is 6.72. The lowest BCUT2D eigenvalue weighted by atomic mass is 10.1. The molecular weight excluding hydrogens is 314 g/mol. The average molecular weight is 328 g/mol. The van der Waals surface area contributed by atoms with Crippen LogP contribution in [0.25, 0.3) is 0 Å². The minimum atomic E-state index is -3.83.